The van der Waals surface area contributed by atoms with E-state index in [4.69, 9.17) is 16.0 Å². The van der Waals surface area contributed by atoms with E-state index in [9.17, 15) is 19.4 Å². The van der Waals surface area contributed by atoms with Gasteiger partial charge in [-0.2, -0.15) is 0 Å². The van der Waals surface area contributed by atoms with Crippen LogP contribution in [-0.2, 0) is 4.74 Å². The molecule has 1 amide bonds. The number of anilines is 1. The average Bonchev–Trinajstić information content (AvgIpc) is 2.71. The van der Waals surface area contributed by atoms with E-state index in [-0.39, 0.29) is 28.8 Å². The molecule has 0 fully saturated rings. The molecule has 0 bridgehead atoms. The van der Waals surface area contributed by atoms with Crippen LogP contribution in [0, 0.1) is 5.82 Å². The SMILES string of the molecule is CCOC(=O)Nc1oc(-c2ccc(F)c(Cl)c2)c(O)c1O. The van der Waals surface area contributed by atoms with E-state index in [1.807, 2.05) is 0 Å². The van der Waals surface area contributed by atoms with E-state index in [0.717, 1.165) is 6.07 Å². The molecular weight excluding hydrogens is 305 g/mol. The number of benzene rings is 1. The van der Waals surface area contributed by atoms with Gasteiger partial charge in [-0.15, -0.1) is 0 Å². The monoisotopic (exact) mass is 315 g/mol. The van der Waals surface area contributed by atoms with Crippen LogP contribution in [0.15, 0.2) is 22.6 Å². The summed E-state index contributed by atoms with van der Waals surface area (Å²) in [6.07, 6.45) is -0.856. The first kappa shape index (κ1) is 15.0. The van der Waals surface area contributed by atoms with Crippen molar-refractivity contribution in [3.63, 3.8) is 0 Å². The second-order valence-corrected chi connectivity index (χ2v) is 4.34. The third-order valence-electron chi connectivity index (χ3n) is 2.53. The fourth-order valence-electron chi connectivity index (χ4n) is 1.59. The Morgan fingerprint density at radius 2 is 2.14 bits per heavy atom. The maximum atomic E-state index is 13.1. The molecule has 0 saturated carbocycles. The van der Waals surface area contributed by atoms with Gasteiger partial charge >= 0.3 is 6.09 Å². The summed E-state index contributed by atoms with van der Waals surface area (Å²) in [5.74, 6) is -2.47. The highest BCUT2D eigenvalue weighted by atomic mass is 35.5. The molecule has 0 unspecified atom stereocenters. The minimum absolute atomic E-state index is 0.125. The van der Waals surface area contributed by atoms with Crippen LogP contribution in [-0.4, -0.2) is 22.9 Å². The van der Waals surface area contributed by atoms with Crippen LogP contribution in [0.1, 0.15) is 6.92 Å². The lowest BCUT2D eigenvalue weighted by Gasteiger charge is -2.02. The molecule has 112 valence electrons. The Hall–Kier alpha value is -2.41. The van der Waals surface area contributed by atoms with Crippen molar-refractivity contribution in [2.45, 2.75) is 6.92 Å². The van der Waals surface area contributed by atoms with Crippen LogP contribution in [0.25, 0.3) is 11.3 Å². The fraction of sp³-hybridized carbons (Fsp3) is 0.154. The van der Waals surface area contributed by atoms with Gasteiger partial charge in [0.25, 0.3) is 0 Å². The van der Waals surface area contributed by atoms with Crippen molar-refractivity contribution < 1.29 is 28.6 Å². The smallest absolute Gasteiger partial charge is 0.414 e. The van der Waals surface area contributed by atoms with Crippen LogP contribution >= 0.6 is 11.6 Å². The number of ether oxygens (including phenoxy) is 1. The van der Waals surface area contributed by atoms with Gasteiger partial charge in [0.15, 0.2) is 5.76 Å². The van der Waals surface area contributed by atoms with Crippen LogP contribution in [0.4, 0.5) is 15.1 Å². The van der Waals surface area contributed by atoms with Gasteiger partial charge in [-0.05, 0) is 25.1 Å². The molecular formula is C13H11ClFNO5. The van der Waals surface area contributed by atoms with Crippen molar-refractivity contribution in [1.29, 1.82) is 0 Å². The lowest BCUT2D eigenvalue weighted by atomic mass is 10.1. The molecule has 2 aromatic rings. The summed E-state index contributed by atoms with van der Waals surface area (Å²) in [6, 6.07) is 3.59. The molecule has 0 radical (unpaired) electrons. The number of halogens is 2. The predicted molar refractivity (Wildman–Crippen MR) is 73.1 cm³/mol. The number of furan rings is 1. The van der Waals surface area contributed by atoms with E-state index in [0.29, 0.717) is 0 Å². The Kier molecular flexibility index (Phi) is 4.23. The summed E-state index contributed by atoms with van der Waals surface area (Å²) in [6.45, 7) is 1.73. The van der Waals surface area contributed by atoms with Crippen LogP contribution in [0.5, 0.6) is 11.5 Å². The Morgan fingerprint density at radius 1 is 1.43 bits per heavy atom. The topological polar surface area (TPSA) is 91.9 Å². The van der Waals surface area contributed by atoms with Gasteiger partial charge in [0.1, 0.15) is 5.82 Å². The first-order valence-corrected chi connectivity index (χ1v) is 6.25. The van der Waals surface area contributed by atoms with Crippen LogP contribution in [0.2, 0.25) is 5.02 Å². The first-order valence-electron chi connectivity index (χ1n) is 5.88. The molecule has 0 aliphatic rings. The van der Waals surface area contributed by atoms with E-state index >= 15 is 0 Å². The quantitative estimate of drug-likeness (QED) is 0.803. The van der Waals surface area contributed by atoms with Gasteiger partial charge in [-0.1, -0.05) is 11.6 Å². The van der Waals surface area contributed by atoms with E-state index in [1.165, 1.54) is 12.1 Å². The van der Waals surface area contributed by atoms with Gasteiger partial charge in [0.05, 0.1) is 11.6 Å². The summed E-state index contributed by atoms with van der Waals surface area (Å²) in [5, 5.41) is 21.4. The van der Waals surface area contributed by atoms with Gasteiger partial charge in [0.2, 0.25) is 17.4 Å². The zero-order valence-corrected chi connectivity index (χ0v) is 11.6. The lowest BCUT2D eigenvalue weighted by molar-refractivity contribution is 0.167. The molecule has 0 aliphatic heterocycles. The van der Waals surface area contributed by atoms with Gasteiger partial charge in [-0.25, -0.2) is 9.18 Å². The summed E-state index contributed by atoms with van der Waals surface area (Å²) in [4.78, 5) is 11.3. The molecule has 1 heterocycles. The zero-order chi connectivity index (χ0) is 15.6. The molecule has 3 N–H and O–H groups in total. The summed E-state index contributed by atoms with van der Waals surface area (Å²) >= 11 is 5.64. The number of carbonyl (C=O) groups excluding carboxylic acids is 1. The highest BCUT2D eigenvalue weighted by molar-refractivity contribution is 6.31. The second kappa shape index (κ2) is 5.92. The minimum atomic E-state index is -0.856. The standard InChI is InChI=1S/C13H11ClFNO5/c1-2-20-13(19)16-12-10(18)9(17)11(21-12)6-3-4-8(15)7(14)5-6/h3-5,17-18H,2H2,1H3,(H,16,19). The third kappa shape index (κ3) is 3.03. The first-order chi connectivity index (χ1) is 9.93. The molecule has 21 heavy (non-hydrogen) atoms. The number of aromatic hydroxyl groups is 2. The van der Waals surface area contributed by atoms with Gasteiger partial charge in [-0.3, -0.25) is 5.32 Å². The molecule has 0 spiro atoms. The molecule has 6 nitrogen and oxygen atoms in total. The zero-order valence-electron chi connectivity index (χ0n) is 10.8. The normalized spacial score (nSPS) is 10.4. The van der Waals surface area contributed by atoms with Crippen molar-refractivity contribution in [2.75, 3.05) is 11.9 Å². The maximum Gasteiger partial charge on any atom is 0.414 e. The summed E-state index contributed by atoms with van der Waals surface area (Å²) in [5.41, 5.74) is 0.228. The number of nitrogens with one attached hydrogen (secondary N) is 1. The highest BCUT2D eigenvalue weighted by Crippen LogP contribution is 2.45. The molecule has 0 aliphatic carbocycles. The van der Waals surface area contributed by atoms with E-state index < -0.39 is 23.4 Å². The molecule has 0 atom stereocenters. The van der Waals surface area contributed by atoms with Gasteiger partial charge < -0.3 is 19.4 Å². The fourth-order valence-corrected chi connectivity index (χ4v) is 1.77. The van der Waals surface area contributed by atoms with Crippen LogP contribution in [0.3, 0.4) is 0 Å². The molecule has 1 aromatic carbocycles. The number of rotatable bonds is 3. The number of amides is 1. The summed E-state index contributed by atoms with van der Waals surface area (Å²) in [7, 11) is 0. The Morgan fingerprint density at radius 3 is 2.76 bits per heavy atom. The largest absolute Gasteiger partial charge is 0.502 e. The Balaban J connectivity index is 2.37. The molecule has 2 rings (SSSR count). The number of hydrogen-bond acceptors (Lipinski definition) is 5. The van der Waals surface area contributed by atoms with Crippen molar-refractivity contribution in [1.82, 2.24) is 0 Å². The maximum absolute atomic E-state index is 13.1. The van der Waals surface area contributed by atoms with E-state index in [1.54, 1.807) is 6.92 Å². The Bertz CT molecular complexity index is 685. The second-order valence-electron chi connectivity index (χ2n) is 3.93. The van der Waals surface area contributed by atoms with Crippen molar-refractivity contribution in [2.24, 2.45) is 0 Å². The van der Waals surface area contributed by atoms with E-state index in [2.05, 4.69) is 10.1 Å². The molecule has 0 saturated heterocycles. The molecule has 1 aromatic heterocycles. The molecule has 8 heteroatoms. The van der Waals surface area contributed by atoms with Crippen molar-refractivity contribution >= 4 is 23.6 Å². The third-order valence-corrected chi connectivity index (χ3v) is 2.82. The van der Waals surface area contributed by atoms with Crippen molar-refractivity contribution in [3.8, 4) is 22.8 Å². The lowest BCUT2D eigenvalue weighted by Crippen LogP contribution is -2.12. The Labute approximate surface area is 123 Å². The van der Waals surface area contributed by atoms with Gasteiger partial charge in [0, 0.05) is 5.56 Å². The van der Waals surface area contributed by atoms with Crippen LogP contribution < -0.4 is 5.32 Å². The summed E-state index contributed by atoms with van der Waals surface area (Å²) < 4.78 is 22.9. The number of carbonyl (C=O) groups is 1. The highest BCUT2D eigenvalue weighted by Gasteiger charge is 2.23. The average molecular weight is 316 g/mol. The van der Waals surface area contributed by atoms with Crippen molar-refractivity contribution in [3.05, 3.63) is 29.0 Å². The number of hydrogen-bond donors (Lipinski definition) is 3. The predicted octanol–water partition coefficient (Wildman–Crippen LogP) is 3.72. The minimum Gasteiger partial charge on any atom is -0.502 e.